The molecule has 4 nitrogen and oxygen atoms in total. The van der Waals surface area contributed by atoms with Crippen molar-refractivity contribution in [3.05, 3.63) is 22.4 Å². The van der Waals surface area contributed by atoms with Crippen LogP contribution in [0.15, 0.2) is 16.8 Å². The van der Waals surface area contributed by atoms with E-state index < -0.39 is 5.97 Å². The van der Waals surface area contributed by atoms with Gasteiger partial charge in [0.2, 0.25) is 5.91 Å². The third-order valence-electron chi connectivity index (χ3n) is 2.29. The first kappa shape index (κ1) is 12.7. The fraction of sp³-hybridized carbons (Fsp3) is 0.455. The Morgan fingerprint density at radius 3 is 2.75 bits per heavy atom. The number of hydrogen-bond donors (Lipinski definition) is 1. The molecular formula is C11H15NO3S. The number of carbonyl (C=O) groups is 2. The Hall–Kier alpha value is -1.36. The molecule has 1 aromatic heterocycles. The molecule has 0 unspecified atom stereocenters. The lowest BCUT2D eigenvalue weighted by Gasteiger charge is -2.15. The van der Waals surface area contributed by atoms with Gasteiger partial charge in [-0.05, 0) is 28.8 Å². The molecule has 0 fully saturated rings. The Bertz CT molecular complexity index is 348. The van der Waals surface area contributed by atoms with Crippen LogP contribution in [0.5, 0.6) is 0 Å². The van der Waals surface area contributed by atoms with Crippen molar-refractivity contribution in [2.24, 2.45) is 0 Å². The highest BCUT2D eigenvalue weighted by molar-refractivity contribution is 7.07. The molecule has 0 atom stereocenters. The summed E-state index contributed by atoms with van der Waals surface area (Å²) >= 11 is 1.61. The van der Waals surface area contributed by atoms with Crippen LogP contribution in [-0.2, 0) is 16.0 Å². The van der Waals surface area contributed by atoms with E-state index >= 15 is 0 Å². The minimum atomic E-state index is -0.877. The van der Waals surface area contributed by atoms with Crippen LogP contribution in [0.3, 0.4) is 0 Å². The molecular weight excluding hydrogens is 226 g/mol. The quantitative estimate of drug-likeness (QED) is 0.823. The second-order valence-electron chi connectivity index (χ2n) is 3.59. The van der Waals surface area contributed by atoms with Crippen molar-refractivity contribution in [1.82, 2.24) is 4.90 Å². The molecule has 0 saturated carbocycles. The summed E-state index contributed by atoms with van der Waals surface area (Å²) in [4.78, 5) is 23.4. The van der Waals surface area contributed by atoms with Crippen molar-refractivity contribution in [3.8, 4) is 0 Å². The number of carboxylic acids is 1. The minimum absolute atomic E-state index is 0.000686. The molecule has 0 aliphatic carbocycles. The summed E-state index contributed by atoms with van der Waals surface area (Å²) in [7, 11) is 1.64. The van der Waals surface area contributed by atoms with E-state index in [-0.39, 0.29) is 18.9 Å². The highest BCUT2D eigenvalue weighted by atomic mass is 32.1. The van der Waals surface area contributed by atoms with Gasteiger partial charge in [-0.25, -0.2) is 0 Å². The van der Waals surface area contributed by atoms with Crippen LogP contribution in [0.2, 0.25) is 0 Å². The number of carbonyl (C=O) groups excluding carboxylic acids is 1. The Kier molecular flexibility index (Phi) is 4.98. The summed E-state index contributed by atoms with van der Waals surface area (Å²) in [6.45, 7) is 0.276. The molecule has 1 N–H and O–H groups in total. The molecule has 5 heteroatoms. The predicted molar refractivity (Wildman–Crippen MR) is 62.5 cm³/mol. The number of hydrogen-bond acceptors (Lipinski definition) is 3. The number of aliphatic carboxylic acids is 1. The zero-order chi connectivity index (χ0) is 12.0. The highest BCUT2D eigenvalue weighted by Crippen LogP contribution is 2.09. The normalized spacial score (nSPS) is 10.1. The van der Waals surface area contributed by atoms with Gasteiger partial charge in [-0.2, -0.15) is 11.3 Å². The first-order chi connectivity index (χ1) is 7.59. The molecule has 0 aliphatic heterocycles. The largest absolute Gasteiger partial charge is 0.481 e. The lowest BCUT2D eigenvalue weighted by molar-refractivity contribution is -0.138. The number of amides is 1. The van der Waals surface area contributed by atoms with Crippen LogP contribution in [0, 0.1) is 0 Å². The average molecular weight is 241 g/mol. The van der Waals surface area contributed by atoms with Crippen LogP contribution >= 0.6 is 11.3 Å². The molecule has 1 rings (SSSR count). The second kappa shape index (κ2) is 6.27. The Morgan fingerprint density at radius 2 is 2.19 bits per heavy atom. The van der Waals surface area contributed by atoms with Crippen LogP contribution < -0.4 is 0 Å². The Morgan fingerprint density at radius 1 is 1.44 bits per heavy atom. The van der Waals surface area contributed by atoms with Gasteiger partial charge in [0.05, 0.1) is 6.42 Å². The standard InChI is InChI=1S/C11H15NO3S/c1-12(6-4-11(14)15)10(13)3-2-9-5-7-16-8-9/h5,7-8H,2-4,6H2,1H3,(H,14,15). The molecule has 0 spiro atoms. The summed E-state index contributed by atoms with van der Waals surface area (Å²) in [5.41, 5.74) is 1.16. The number of rotatable bonds is 6. The van der Waals surface area contributed by atoms with E-state index in [0.29, 0.717) is 6.42 Å². The summed E-state index contributed by atoms with van der Waals surface area (Å²) in [6.07, 6.45) is 1.16. The lowest BCUT2D eigenvalue weighted by atomic mass is 10.2. The third kappa shape index (κ3) is 4.44. The van der Waals surface area contributed by atoms with Crippen molar-refractivity contribution in [2.45, 2.75) is 19.3 Å². The van der Waals surface area contributed by atoms with E-state index in [9.17, 15) is 9.59 Å². The molecule has 88 valence electrons. The van der Waals surface area contributed by atoms with Crippen molar-refractivity contribution >= 4 is 23.2 Å². The fourth-order valence-electron chi connectivity index (χ4n) is 1.27. The van der Waals surface area contributed by atoms with Crippen LogP contribution in [0.4, 0.5) is 0 Å². The Balaban J connectivity index is 2.26. The molecule has 0 aliphatic rings. The monoisotopic (exact) mass is 241 g/mol. The first-order valence-corrected chi connectivity index (χ1v) is 6.00. The van der Waals surface area contributed by atoms with E-state index in [2.05, 4.69) is 0 Å². The molecule has 1 amide bonds. The van der Waals surface area contributed by atoms with Crippen molar-refractivity contribution in [2.75, 3.05) is 13.6 Å². The molecule has 16 heavy (non-hydrogen) atoms. The molecule has 1 aromatic rings. The van der Waals surface area contributed by atoms with Gasteiger partial charge in [0.1, 0.15) is 0 Å². The SMILES string of the molecule is CN(CCC(=O)O)C(=O)CCc1ccsc1. The van der Waals surface area contributed by atoms with E-state index in [4.69, 9.17) is 5.11 Å². The van der Waals surface area contributed by atoms with Crippen LogP contribution in [-0.4, -0.2) is 35.5 Å². The number of carboxylic acid groups (broad SMARTS) is 1. The minimum Gasteiger partial charge on any atom is -0.481 e. The zero-order valence-electron chi connectivity index (χ0n) is 9.18. The van der Waals surface area contributed by atoms with E-state index in [1.165, 1.54) is 4.90 Å². The maximum Gasteiger partial charge on any atom is 0.305 e. The topological polar surface area (TPSA) is 57.6 Å². The molecule has 1 heterocycles. The number of thiophene rings is 1. The molecule has 0 saturated heterocycles. The summed E-state index contributed by atoms with van der Waals surface area (Å²) in [6, 6.07) is 2.00. The van der Waals surface area contributed by atoms with Gasteiger partial charge in [-0.15, -0.1) is 0 Å². The smallest absolute Gasteiger partial charge is 0.305 e. The highest BCUT2D eigenvalue weighted by Gasteiger charge is 2.10. The van der Waals surface area contributed by atoms with Gasteiger partial charge in [-0.1, -0.05) is 0 Å². The van der Waals surface area contributed by atoms with Gasteiger partial charge in [0.25, 0.3) is 0 Å². The summed E-state index contributed by atoms with van der Waals surface area (Å²) in [5, 5.41) is 12.5. The van der Waals surface area contributed by atoms with Gasteiger partial charge >= 0.3 is 5.97 Å². The fourth-order valence-corrected chi connectivity index (χ4v) is 1.97. The van der Waals surface area contributed by atoms with Crippen LogP contribution in [0.1, 0.15) is 18.4 Å². The second-order valence-corrected chi connectivity index (χ2v) is 4.37. The van der Waals surface area contributed by atoms with Gasteiger partial charge in [0.15, 0.2) is 0 Å². The zero-order valence-corrected chi connectivity index (χ0v) is 10.00. The maximum absolute atomic E-state index is 11.6. The molecule has 0 bridgehead atoms. The summed E-state index contributed by atoms with van der Waals surface area (Å²) < 4.78 is 0. The van der Waals surface area contributed by atoms with Crippen molar-refractivity contribution in [3.63, 3.8) is 0 Å². The van der Waals surface area contributed by atoms with E-state index in [1.807, 2.05) is 16.8 Å². The van der Waals surface area contributed by atoms with Crippen molar-refractivity contribution < 1.29 is 14.7 Å². The first-order valence-electron chi connectivity index (χ1n) is 5.06. The predicted octanol–water partition coefficient (Wildman–Crippen LogP) is 1.61. The van der Waals surface area contributed by atoms with Crippen molar-refractivity contribution in [1.29, 1.82) is 0 Å². The number of aryl methyl sites for hydroxylation is 1. The lowest BCUT2D eigenvalue weighted by Crippen LogP contribution is -2.29. The van der Waals surface area contributed by atoms with E-state index in [0.717, 1.165) is 12.0 Å². The van der Waals surface area contributed by atoms with Gasteiger partial charge in [-0.3, -0.25) is 9.59 Å². The van der Waals surface area contributed by atoms with Crippen LogP contribution in [0.25, 0.3) is 0 Å². The van der Waals surface area contributed by atoms with Gasteiger partial charge in [0, 0.05) is 20.0 Å². The Labute approximate surface area is 98.5 Å². The van der Waals surface area contributed by atoms with Gasteiger partial charge < -0.3 is 10.0 Å². The average Bonchev–Trinajstić information content (AvgIpc) is 2.75. The van der Waals surface area contributed by atoms with E-state index in [1.54, 1.807) is 18.4 Å². The molecule has 0 aromatic carbocycles. The summed E-state index contributed by atoms with van der Waals surface area (Å²) in [5.74, 6) is -0.884. The molecule has 0 radical (unpaired) electrons. The third-order valence-corrected chi connectivity index (χ3v) is 3.03. The number of nitrogens with zero attached hydrogens (tertiary/aromatic N) is 1. The maximum atomic E-state index is 11.6.